The van der Waals surface area contributed by atoms with Crippen molar-refractivity contribution >= 4 is 23.2 Å². The van der Waals surface area contributed by atoms with Gasteiger partial charge >= 0.3 is 0 Å². The zero-order valence-electron chi connectivity index (χ0n) is 8.98. The van der Waals surface area contributed by atoms with E-state index in [2.05, 4.69) is 6.08 Å². The summed E-state index contributed by atoms with van der Waals surface area (Å²) in [5.41, 5.74) is 0. The van der Waals surface area contributed by atoms with Crippen molar-refractivity contribution in [3.8, 4) is 0 Å². The SMILES string of the molecule is ClCC=CCCCCCCCCCCl. The molecule has 0 aromatic heterocycles. The Labute approximate surface area is 98.7 Å². The summed E-state index contributed by atoms with van der Waals surface area (Å²) >= 11 is 11.1. The molecule has 14 heavy (non-hydrogen) atoms. The number of rotatable bonds is 10. The quantitative estimate of drug-likeness (QED) is 0.280. The fourth-order valence-electron chi connectivity index (χ4n) is 1.42. The van der Waals surface area contributed by atoms with Crippen LogP contribution in [0.15, 0.2) is 12.2 Å². The van der Waals surface area contributed by atoms with Crippen LogP contribution in [-0.4, -0.2) is 11.8 Å². The lowest BCUT2D eigenvalue weighted by Crippen LogP contribution is -1.81. The normalized spacial score (nSPS) is 11.3. The van der Waals surface area contributed by atoms with Crippen LogP contribution in [0.3, 0.4) is 0 Å². The second kappa shape index (κ2) is 13.3. The molecule has 0 aromatic carbocycles. The number of allylic oxidation sites excluding steroid dienone is 2. The number of hydrogen-bond donors (Lipinski definition) is 0. The fourth-order valence-corrected chi connectivity index (χ4v) is 1.74. The molecule has 0 saturated carbocycles. The van der Waals surface area contributed by atoms with Crippen LogP contribution in [0.1, 0.15) is 51.4 Å². The standard InChI is InChI=1S/C12H22Cl2/c13-11-9-7-5-3-1-2-4-6-8-10-12-14/h7,9H,1-6,8,10-12H2. The van der Waals surface area contributed by atoms with Gasteiger partial charge in [-0.15, -0.1) is 23.2 Å². The lowest BCUT2D eigenvalue weighted by atomic mass is 10.1. The van der Waals surface area contributed by atoms with Gasteiger partial charge < -0.3 is 0 Å². The fraction of sp³-hybridized carbons (Fsp3) is 0.833. The maximum absolute atomic E-state index is 5.59. The van der Waals surface area contributed by atoms with E-state index in [9.17, 15) is 0 Å². The van der Waals surface area contributed by atoms with E-state index in [1.54, 1.807) is 0 Å². The Morgan fingerprint density at radius 2 is 1.21 bits per heavy atom. The second-order valence-electron chi connectivity index (χ2n) is 3.58. The Bertz CT molecular complexity index is 121. The summed E-state index contributed by atoms with van der Waals surface area (Å²) in [7, 11) is 0. The summed E-state index contributed by atoms with van der Waals surface area (Å²) in [6.07, 6.45) is 14.6. The first kappa shape index (κ1) is 14.3. The molecule has 2 heteroatoms. The highest BCUT2D eigenvalue weighted by molar-refractivity contribution is 6.18. The first-order chi connectivity index (χ1) is 6.91. The molecule has 0 heterocycles. The Morgan fingerprint density at radius 1 is 0.643 bits per heavy atom. The summed E-state index contributed by atoms with van der Waals surface area (Å²) in [6, 6.07) is 0. The first-order valence-corrected chi connectivity index (χ1v) is 6.75. The summed E-state index contributed by atoms with van der Waals surface area (Å²) in [6.45, 7) is 0. The van der Waals surface area contributed by atoms with Crippen LogP contribution in [-0.2, 0) is 0 Å². The monoisotopic (exact) mass is 236 g/mol. The van der Waals surface area contributed by atoms with Gasteiger partial charge in [0.2, 0.25) is 0 Å². The van der Waals surface area contributed by atoms with Crippen LogP contribution < -0.4 is 0 Å². The molecule has 0 aromatic rings. The molecule has 0 aliphatic carbocycles. The van der Waals surface area contributed by atoms with Gasteiger partial charge in [-0.25, -0.2) is 0 Å². The lowest BCUT2D eigenvalue weighted by Gasteiger charge is -1.99. The van der Waals surface area contributed by atoms with Crippen LogP contribution in [0, 0.1) is 0 Å². The summed E-state index contributed by atoms with van der Waals surface area (Å²) in [4.78, 5) is 0. The van der Waals surface area contributed by atoms with Gasteiger partial charge in [0.1, 0.15) is 0 Å². The van der Waals surface area contributed by atoms with Gasteiger partial charge in [0, 0.05) is 11.8 Å². The molecule has 0 radical (unpaired) electrons. The Hall–Kier alpha value is 0.320. The van der Waals surface area contributed by atoms with E-state index < -0.39 is 0 Å². The predicted molar refractivity (Wildman–Crippen MR) is 67.5 cm³/mol. The van der Waals surface area contributed by atoms with Crippen molar-refractivity contribution in [1.29, 1.82) is 0 Å². The van der Waals surface area contributed by atoms with E-state index in [-0.39, 0.29) is 0 Å². The van der Waals surface area contributed by atoms with Crippen molar-refractivity contribution in [1.82, 2.24) is 0 Å². The molecular weight excluding hydrogens is 215 g/mol. The number of halogens is 2. The van der Waals surface area contributed by atoms with Crippen LogP contribution >= 0.6 is 23.2 Å². The van der Waals surface area contributed by atoms with Gasteiger partial charge in [-0.3, -0.25) is 0 Å². The third-order valence-electron chi connectivity index (χ3n) is 2.26. The van der Waals surface area contributed by atoms with Gasteiger partial charge in [0.25, 0.3) is 0 Å². The third kappa shape index (κ3) is 12.3. The van der Waals surface area contributed by atoms with Crippen LogP contribution in [0.4, 0.5) is 0 Å². The molecule has 0 aliphatic rings. The van der Waals surface area contributed by atoms with E-state index in [0.717, 1.165) is 5.88 Å². The molecule has 0 N–H and O–H groups in total. The van der Waals surface area contributed by atoms with E-state index in [4.69, 9.17) is 23.2 Å². The smallest absolute Gasteiger partial charge is 0.0404 e. The van der Waals surface area contributed by atoms with E-state index >= 15 is 0 Å². The van der Waals surface area contributed by atoms with Crippen molar-refractivity contribution in [2.75, 3.05) is 11.8 Å². The predicted octanol–water partition coefficient (Wildman–Crippen LogP) is 5.14. The van der Waals surface area contributed by atoms with Crippen LogP contribution in [0.2, 0.25) is 0 Å². The van der Waals surface area contributed by atoms with E-state index in [0.29, 0.717) is 5.88 Å². The molecule has 84 valence electrons. The Kier molecular flexibility index (Phi) is 13.6. The molecule has 0 amide bonds. The Morgan fingerprint density at radius 3 is 1.79 bits per heavy atom. The maximum atomic E-state index is 5.59. The number of unbranched alkanes of at least 4 members (excludes halogenated alkanes) is 7. The van der Waals surface area contributed by atoms with Gasteiger partial charge in [0.05, 0.1) is 0 Å². The molecule has 0 spiro atoms. The summed E-state index contributed by atoms with van der Waals surface area (Å²) in [5.74, 6) is 1.47. The van der Waals surface area contributed by atoms with Crippen molar-refractivity contribution in [2.24, 2.45) is 0 Å². The largest absolute Gasteiger partial charge is 0.127 e. The second-order valence-corrected chi connectivity index (χ2v) is 4.26. The highest BCUT2D eigenvalue weighted by Gasteiger charge is 1.90. The molecule has 0 nitrogen and oxygen atoms in total. The highest BCUT2D eigenvalue weighted by Crippen LogP contribution is 2.09. The molecule has 0 bridgehead atoms. The van der Waals surface area contributed by atoms with Crippen molar-refractivity contribution in [3.63, 3.8) is 0 Å². The molecule has 0 unspecified atom stereocenters. The van der Waals surface area contributed by atoms with Crippen molar-refractivity contribution in [3.05, 3.63) is 12.2 Å². The van der Waals surface area contributed by atoms with Crippen molar-refractivity contribution in [2.45, 2.75) is 51.4 Å². The maximum Gasteiger partial charge on any atom is 0.0404 e. The van der Waals surface area contributed by atoms with Crippen LogP contribution in [0.5, 0.6) is 0 Å². The number of hydrogen-bond acceptors (Lipinski definition) is 0. The average Bonchev–Trinajstić information content (AvgIpc) is 2.21. The molecule has 0 saturated heterocycles. The average molecular weight is 237 g/mol. The van der Waals surface area contributed by atoms with Gasteiger partial charge in [0.15, 0.2) is 0 Å². The molecule has 0 atom stereocenters. The summed E-state index contributed by atoms with van der Waals surface area (Å²) < 4.78 is 0. The van der Waals surface area contributed by atoms with Gasteiger partial charge in [-0.2, -0.15) is 0 Å². The minimum Gasteiger partial charge on any atom is -0.127 e. The number of alkyl halides is 2. The van der Waals surface area contributed by atoms with Crippen LogP contribution in [0.25, 0.3) is 0 Å². The van der Waals surface area contributed by atoms with Crippen molar-refractivity contribution < 1.29 is 0 Å². The zero-order valence-corrected chi connectivity index (χ0v) is 10.5. The lowest BCUT2D eigenvalue weighted by molar-refractivity contribution is 0.593. The highest BCUT2D eigenvalue weighted by atomic mass is 35.5. The third-order valence-corrected chi connectivity index (χ3v) is 2.71. The molecule has 0 fully saturated rings. The molecule has 0 aliphatic heterocycles. The minimum absolute atomic E-state index is 0.651. The van der Waals surface area contributed by atoms with E-state index in [1.165, 1.54) is 51.4 Å². The minimum atomic E-state index is 0.651. The zero-order chi connectivity index (χ0) is 10.5. The topological polar surface area (TPSA) is 0 Å². The van der Waals surface area contributed by atoms with Gasteiger partial charge in [-0.05, 0) is 19.3 Å². The molecule has 0 rings (SSSR count). The first-order valence-electron chi connectivity index (χ1n) is 5.68. The summed E-state index contributed by atoms with van der Waals surface area (Å²) in [5, 5.41) is 0. The van der Waals surface area contributed by atoms with E-state index in [1.807, 2.05) is 6.08 Å². The molecular formula is C12H22Cl2. The van der Waals surface area contributed by atoms with Gasteiger partial charge in [-0.1, -0.05) is 44.3 Å². The Balaban J connectivity index is 2.88.